The summed E-state index contributed by atoms with van der Waals surface area (Å²) < 4.78 is 11.0. The Morgan fingerprint density at radius 3 is 2.64 bits per heavy atom. The third-order valence-electron chi connectivity index (χ3n) is 4.88. The summed E-state index contributed by atoms with van der Waals surface area (Å²) in [5, 5.41) is 12.3. The van der Waals surface area contributed by atoms with Crippen LogP contribution in [0.15, 0.2) is 36.5 Å². The molecule has 0 unspecified atom stereocenters. The average molecular weight is 385 g/mol. The Balaban J connectivity index is 1.51. The number of aromatic carboxylic acids is 1. The van der Waals surface area contributed by atoms with Crippen LogP contribution < -0.4 is 14.8 Å². The largest absolute Gasteiger partial charge is 0.493 e. The molecule has 150 valence electrons. The average Bonchev–Trinajstić information content (AvgIpc) is 2.70. The molecule has 0 aliphatic carbocycles. The van der Waals surface area contributed by atoms with Crippen molar-refractivity contribution in [2.24, 2.45) is 0 Å². The number of nitrogens with one attached hydrogen (secondary N) is 1. The van der Waals surface area contributed by atoms with Gasteiger partial charge in [-0.1, -0.05) is 6.07 Å². The Labute approximate surface area is 165 Å². The molecule has 1 aromatic heterocycles. The highest BCUT2D eigenvalue weighted by atomic mass is 16.5. The first-order chi connectivity index (χ1) is 13.6. The molecule has 0 spiro atoms. The monoisotopic (exact) mass is 385 g/mol. The lowest BCUT2D eigenvalue weighted by Crippen LogP contribution is -2.38. The SMILES string of the molecule is CCOc1cc(CN2CCC(Nc3ccc(C(=O)O)cn3)CC2)ccc1OC. The molecule has 2 N–H and O–H groups in total. The lowest BCUT2D eigenvalue weighted by Gasteiger charge is -2.32. The number of benzene rings is 1. The van der Waals surface area contributed by atoms with E-state index in [9.17, 15) is 4.79 Å². The van der Waals surface area contributed by atoms with E-state index in [2.05, 4.69) is 27.3 Å². The molecule has 0 bridgehead atoms. The van der Waals surface area contributed by atoms with E-state index in [4.69, 9.17) is 14.6 Å². The second-order valence-electron chi connectivity index (χ2n) is 6.85. The van der Waals surface area contributed by atoms with Crippen LogP contribution in [0.1, 0.15) is 35.7 Å². The molecule has 7 nitrogen and oxygen atoms in total. The number of pyridine rings is 1. The van der Waals surface area contributed by atoms with Gasteiger partial charge in [-0.05, 0) is 49.6 Å². The number of nitrogens with zero attached hydrogens (tertiary/aromatic N) is 2. The van der Waals surface area contributed by atoms with Crippen molar-refractivity contribution in [1.82, 2.24) is 9.88 Å². The van der Waals surface area contributed by atoms with Crippen LogP contribution in [0.5, 0.6) is 11.5 Å². The molecule has 1 fully saturated rings. The number of carboxylic acid groups (broad SMARTS) is 1. The van der Waals surface area contributed by atoms with Gasteiger partial charge in [-0.2, -0.15) is 0 Å². The van der Waals surface area contributed by atoms with Crippen LogP contribution in [-0.2, 0) is 6.54 Å². The highest BCUT2D eigenvalue weighted by Crippen LogP contribution is 2.29. The molecule has 1 saturated heterocycles. The Hall–Kier alpha value is -2.80. The van der Waals surface area contributed by atoms with Crippen molar-refractivity contribution in [3.05, 3.63) is 47.7 Å². The number of methoxy groups -OCH3 is 1. The van der Waals surface area contributed by atoms with Gasteiger partial charge in [0.2, 0.25) is 0 Å². The fraction of sp³-hybridized carbons (Fsp3) is 0.429. The summed E-state index contributed by atoms with van der Waals surface area (Å²) in [6.45, 7) is 5.43. The van der Waals surface area contributed by atoms with Crippen LogP contribution in [0.4, 0.5) is 5.82 Å². The van der Waals surface area contributed by atoms with E-state index in [1.54, 1.807) is 19.2 Å². The number of hydrogen-bond donors (Lipinski definition) is 2. The predicted molar refractivity (Wildman–Crippen MR) is 107 cm³/mol. The number of anilines is 1. The summed E-state index contributed by atoms with van der Waals surface area (Å²) in [6.07, 6.45) is 3.41. The first-order valence-corrected chi connectivity index (χ1v) is 9.57. The molecule has 0 saturated carbocycles. The van der Waals surface area contributed by atoms with Crippen LogP contribution >= 0.6 is 0 Å². The van der Waals surface area contributed by atoms with Gasteiger partial charge < -0.3 is 19.9 Å². The summed E-state index contributed by atoms with van der Waals surface area (Å²) >= 11 is 0. The topological polar surface area (TPSA) is 83.9 Å². The van der Waals surface area contributed by atoms with Gasteiger partial charge in [0.05, 0.1) is 19.3 Å². The minimum atomic E-state index is -0.960. The normalized spacial score (nSPS) is 15.2. The molecule has 0 amide bonds. The van der Waals surface area contributed by atoms with Gasteiger partial charge in [0, 0.05) is 31.9 Å². The summed E-state index contributed by atoms with van der Waals surface area (Å²) in [6, 6.07) is 9.74. The Kier molecular flexibility index (Phi) is 6.71. The highest BCUT2D eigenvalue weighted by molar-refractivity contribution is 5.87. The Morgan fingerprint density at radius 1 is 1.25 bits per heavy atom. The third-order valence-corrected chi connectivity index (χ3v) is 4.88. The van der Waals surface area contributed by atoms with Crippen LogP contribution in [0.25, 0.3) is 0 Å². The second-order valence-corrected chi connectivity index (χ2v) is 6.85. The zero-order valence-corrected chi connectivity index (χ0v) is 16.4. The van der Waals surface area contributed by atoms with Crippen LogP contribution in [0, 0.1) is 0 Å². The minimum Gasteiger partial charge on any atom is -0.493 e. The first-order valence-electron chi connectivity index (χ1n) is 9.57. The predicted octanol–water partition coefficient (Wildman–Crippen LogP) is 3.26. The maximum atomic E-state index is 10.9. The molecule has 7 heteroatoms. The number of carboxylic acids is 1. The van der Waals surface area contributed by atoms with E-state index < -0.39 is 5.97 Å². The van der Waals surface area contributed by atoms with E-state index in [0.717, 1.165) is 49.8 Å². The van der Waals surface area contributed by atoms with Crippen molar-refractivity contribution >= 4 is 11.8 Å². The number of hydrogen-bond acceptors (Lipinski definition) is 6. The molecule has 28 heavy (non-hydrogen) atoms. The van der Waals surface area contributed by atoms with E-state index in [1.807, 2.05) is 13.0 Å². The van der Waals surface area contributed by atoms with Crippen molar-refractivity contribution in [3.8, 4) is 11.5 Å². The van der Waals surface area contributed by atoms with Crippen molar-refractivity contribution < 1.29 is 19.4 Å². The molecular weight excluding hydrogens is 358 g/mol. The van der Waals surface area contributed by atoms with Gasteiger partial charge in [-0.3, -0.25) is 4.90 Å². The maximum absolute atomic E-state index is 10.9. The van der Waals surface area contributed by atoms with Crippen molar-refractivity contribution in [2.45, 2.75) is 32.4 Å². The number of likely N-dealkylation sites (tertiary alicyclic amines) is 1. The van der Waals surface area contributed by atoms with E-state index >= 15 is 0 Å². The standard InChI is InChI=1S/C21H27N3O4/c1-3-28-19-12-15(4-6-18(19)27-2)14-24-10-8-17(9-11-24)23-20-7-5-16(13-22-20)21(25)26/h4-7,12-13,17H,3,8-11,14H2,1-2H3,(H,22,23)(H,25,26). The molecule has 0 radical (unpaired) electrons. The van der Waals surface area contributed by atoms with E-state index in [0.29, 0.717) is 12.6 Å². The molecule has 1 aliphatic heterocycles. The van der Waals surface area contributed by atoms with Gasteiger partial charge in [0.25, 0.3) is 0 Å². The quantitative estimate of drug-likeness (QED) is 0.721. The zero-order chi connectivity index (χ0) is 19.9. The van der Waals surface area contributed by atoms with Gasteiger partial charge in [0.15, 0.2) is 11.5 Å². The molecule has 1 aromatic carbocycles. The van der Waals surface area contributed by atoms with Gasteiger partial charge in [-0.25, -0.2) is 9.78 Å². The molecule has 2 aromatic rings. The van der Waals surface area contributed by atoms with Crippen LogP contribution in [-0.4, -0.2) is 53.8 Å². The molecule has 0 atom stereocenters. The van der Waals surface area contributed by atoms with Crippen molar-refractivity contribution in [3.63, 3.8) is 0 Å². The van der Waals surface area contributed by atoms with Gasteiger partial charge >= 0.3 is 5.97 Å². The lowest BCUT2D eigenvalue weighted by molar-refractivity contribution is 0.0696. The van der Waals surface area contributed by atoms with Gasteiger partial charge in [0.1, 0.15) is 5.82 Å². The first kappa shape index (κ1) is 19.9. The number of ether oxygens (including phenoxy) is 2. The minimum absolute atomic E-state index is 0.200. The van der Waals surface area contributed by atoms with Crippen molar-refractivity contribution in [2.75, 3.05) is 32.1 Å². The number of rotatable bonds is 8. The lowest BCUT2D eigenvalue weighted by atomic mass is 10.0. The Morgan fingerprint density at radius 2 is 2.04 bits per heavy atom. The third kappa shape index (κ3) is 5.13. The highest BCUT2D eigenvalue weighted by Gasteiger charge is 2.20. The summed E-state index contributed by atoms with van der Waals surface area (Å²) in [4.78, 5) is 17.5. The molecule has 3 rings (SSSR count). The number of piperidine rings is 1. The fourth-order valence-electron chi connectivity index (χ4n) is 3.40. The summed E-state index contributed by atoms with van der Waals surface area (Å²) in [7, 11) is 1.65. The summed E-state index contributed by atoms with van der Waals surface area (Å²) in [5.41, 5.74) is 1.41. The smallest absolute Gasteiger partial charge is 0.337 e. The van der Waals surface area contributed by atoms with E-state index in [-0.39, 0.29) is 5.56 Å². The van der Waals surface area contributed by atoms with Gasteiger partial charge in [-0.15, -0.1) is 0 Å². The Bertz CT molecular complexity index is 787. The van der Waals surface area contributed by atoms with Crippen LogP contribution in [0.3, 0.4) is 0 Å². The molecule has 1 aliphatic rings. The number of carbonyl (C=O) groups is 1. The number of aromatic nitrogens is 1. The molecule has 2 heterocycles. The van der Waals surface area contributed by atoms with Crippen LogP contribution in [0.2, 0.25) is 0 Å². The maximum Gasteiger partial charge on any atom is 0.337 e. The van der Waals surface area contributed by atoms with Crippen molar-refractivity contribution in [1.29, 1.82) is 0 Å². The second kappa shape index (κ2) is 9.41. The molecular formula is C21H27N3O4. The zero-order valence-electron chi connectivity index (χ0n) is 16.4. The van der Waals surface area contributed by atoms with E-state index in [1.165, 1.54) is 11.8 Å². The fourth-order valence-corrected chi connectivity index (χ4v) is 3.40. The summed E-state index contributed by atoms with van der Waals surface area (Å²) in [5.74, 6) is 1.31.